The number of benzene rings is 2. The second-order valence-corrected chi connectivity index (χ2v) is 5.87. The lowest BCUT2D eigenvalue weighted by atomic mass is 10.1. The van der Waals surface area contributed by atoms with Crippen molar-refractivity contribution in [2.45, 2.75) is 12.7 Å². The van der Waals surface area contributed by atoms with Crippen molar-refractivity contribution in [2.24, 2.45) is 0 Å². The number of hydrogen-bond acceptors (Lipinski definition) is 4. The predicted molar refractivity (Wildman–Crippen MR) is 94.8 cm³/mol. The molecule has 2 aromatic carbocycles. The molecule has 1 amide bonds. The van der Waals surface area contributed by atoms with Crippen molar-refractivity contribution in [2.75, 3.05) is 27.7 Å². The summed E-state index contributed by atoms with van der Waals surface area (Å²) in [5, 5.41) is 2.83. The van der Waals surface area contributed by atoms with Gasteiger partial charge in [0.2, 0.25) is 0 Å². The molecule has 2 rings (SSSR count). The fraction of sp³-hybridized carbons (Fsp3) is 0.316. The molecular formula is C19H22F2N2O3. The van der Waals surface area contributed by atoms with Gasteiger partial charge in [0.25, 0.3) is 5.91 Å². The van der Waals surface area contributed by atoms with Crippen molar-refractivity contribution in [3.05, 3.63) is 59.7 Å². The molecule has 1 unspecified atom stereocenters. The maximum Gasteiger partial charge on any atom is 0.387 e. The van der Waals surface area contributed by atoms with Gasteiger partial charge in [0, 0.05) is 12.1 Å². The van der Waals surface area contributed by atoms with Crippen LogP contribution >= 0.6 is 0 Å². The summed E-state index contributed by atoms with van der Waals surface area (Å²) in [7, 11) is 5.43. The van der Waals surface area contributed by atoms with Crippen LogP contribution in [-0.2, 0) is 0 Å². The molecule has 1 N–H and O–H groups in total. The molecular weight excluding hydrogens is 342 g/mol. The molecule has 0 aliphatic carbocycles. The van der Waals surface area contributed by atoms with Crippen LogP contribution in [0.3, 0.4) is 0 Å². The maximum absolute atomic E-state index is 12.3. The summed E-state index contributed by atoms with van der Waals surface area (Å²) in [5.74, 6) is 0.350. The maximum atomic E-state index is 12.3. The Morgan fingerprint density at radius 2 is 1.81 bits per heavy atom. The van der Waals surface area contributed by atoms with E-state index in [-0.39, 0.29) is 23.3 Å². The summed E-state index contributed by atoms with van der Waals surface area (Å²) < 4.78 is 34.1. The monoisotopic (exact) mass is 364 g/mol. The van der Waals surface area contributed by atoms with Crippen LogP contribution in [0.5, 0.6) is 11.5 Å². The molecule has 0 bridgehead atoms. The second kappa shape index (κ2) is 9.15. The van der Waals surface area contributed by atoms with E-state index in [2.05, 4.69) is 10.1 Å². The van der Waals surface area contributed by atoms with E-state index < -0.39 is 6.61 Å². The number of carbonyl (C=O) groups is 1. The number of alkyl halides is 2. The molecule has 0 heterocycles. The summed E-state index contributed by atoms with van der Waals surface area (Å²) >= 11 is 0. The Kier molecular flexibility index (Phi) is 6.91. The highest BCUT2D eigenvalue weighted by atomic mass is 19.3. The standard InChI is InChI=1S/C19H22F2N2O3/c1-23(2)17(13-7-9-15(25-3)10-8-13)12-22-18(24)14-5-4-6-16(11-14)26-19(20)21/h4-11,17,19H,12H2,1-3H3,(H,22,24). The van der Waals surface area contributed by atoms with Crippen molar-refractivity contribution >= 4 is 5.91 Å². The summed E-state index contributed by atoms with van der Waals surface area (Å²) in [5.41, 5.74) is 1.28. The quantitative estimate of drug-likeness (QED) is 0.781. The van der Waals surface area contributed by atoms with Gasteiger partial charge in [0.15, 0.2) is 0 Å². The Labute approximate surface area is 151 Å². The number of halogens is 2. The average Bonchev–Trinajstić information content (AvgIpc) is 2.61. The summed E-state index contributed by atoms with van der Waals surface area (Å²) in [4.78, 5) is 14.3. The number of amides is 1. The topological polar surface area (TPSA) is 50.8 Å². The first kappa shape index (κ1) is 19.7. The van der Waals surface area contributed by atoms with Crippen LogP contribution in [0.4, 0.5) is 8.78 Å². The van der Waals surface area contributed by atoms with Gasteiger partial charge in [-0.3, -0.25) is 4.79 Å². The van der Waals surface area contributed by atoms with Crippen molar-refractivity contribution in [3.8, 4) is 11.5 Å². The predicted octanol–water partition coefficient (Wildman–Crippen LogP) is 3.33. The van der Waals surface area contributed by atoms with Crippen LogP contribution in [0.2, 0.25) is 0 Å². The summed E-state index contributed by atoms with van der Waals surface area (Å²) in [6, 6.07) is 13.3. The minimum absolute atomic E-state index is 0.0491. The smallest absolute Gasteiger partial charge is 0.387 e. The van der Waals surface area contributed by atoms with Crippen LogP contribution in [0.1, 0.15) is 22.0 Å². The zero-order valence-electron chi connectivity index (χ0n) is 14.9. The molecule has 0 radical (unpaired) electrons. The van der Waals surface area contributed by atoms with Gasteiger partial charge in [-0.15, -0.1) is 0 Å². The molecule has 0 saturated heterocycles. The van der Waals surface area contributed by atoms with Gasteiger partial charge in [0.05, 0.1) is 13.2 Å². The lowest BCUT2D eigenvalue weighted by Gasteiger charge is -2.25. The Morgan fingerprint density at radius 3 is 2.38 bits per heavy atom. The zero-order chi connectivity index (χ0) is 19.1. The van der Waals surface area contributed by atoms with Crippen LogP contribution in [-0.4, -0.2) is 45.2 Å². The molecule has 0 aliphatic heterocycles. The fourth-order valence-corrected chi connectivity index (χ4v) is 2.53. The third kappa shape index (κ3) is 5.42. The summed E-state index contributed by atoms with van der Waals surface area (Å²) in [6.07, 6.45) is 0. The normalized spacial score (nSPS) is 12.1. The van der Waals surface area contributed by atoms with E-state index >= 15 is 0 Å². The van der Waals surface area contributed by atoms with E-state index in [1.165, 1.54) is 18.2 Å². The third-order valence-corrected chi connectivity index (χ3v) is 3.90. The second-order valence-electron chi connectivity index (χ2n) is 5.87. The van der Waals surface area contributed by atoms with Gasteiger partial charge in [-0.05, 0) is 50.0 Å². The minimum Gasteiger partial charge on any atom is -0.497 e. The number of hydrogen-bond donors (Lipinski definition) is 1. The number of nitrogens with one attached hydrogen (secondary N) is 1. The van der Waals surface area contributed by atoms with Crippen molar-refractivity contribution in [1.29, 1.82) is 0 Å². The highest BCUT2D eigenvalue weighted by Gasteiger charge is 2.16. The third-order valence-electron chi connectivity index (χ3n) is 3.90. The Bertz CT molecular complexity index is 721. The van der Waals surface area contributed by atoms with E-state index in [4.69, 9.17) is 4.74 Å². The van der Waals surface area contributed by atoms with Gasteiger partial charge in [-0.25, -0.2) is 0 Å². The molecule has 0 aliphatic rings. The number of carbonyl (C=O) groups excluding carboxylic acids is 1. The highest BCUT2D eigenvalue weighted by molar-refractivity contribution is 5.94. The van der Waals surface area contributed by atoms with E-state index in [1.807, 2.05) is 43.3 Å². The zero-order valence-corrected chi connectivity index (χ0v) is 14.9. The van der Waals surface area contributed by atoms with Crippen molar-refractivity contribution < 1.29 is 23.0 Å². The van der Waals surface area contributed by atoms with Gasteiger partial charge in [-0.2, -0.15) is 8.78 Å². The Balaban J connectivity index is 2.05. The van der Waals surface area contributed by atoms with E-state index in [0.717, 1.165) is 11.3 Å². The van der Waals surface area contributed by atoms with Gasteiger partial charge >= 0.3 is 6.61 Å². The van der Waals surface area contributed by atoms with E-state index in [1.54, 1.807) is 13.2 Å². The number of ether oxygens (including phenoxy) is 2. The first-order chi connectivity index (χ1) is 12.4. The molecule has 5 nitrogen and oxygen atoms in total. The SMILES string of the molecule is COc1ccc(C(CNC(=O)c2cccc(OC(F)F)c2)N(C)C)cc1. The van der Waals surface area contributed by atoms with Crippen LogP contribution in [0, 0.1) is 0 Å². The highest BCUT2D eigenvalue weighted by Crippen LogP contribution is 2.21. The Morgan fingerprint density at radius 1 is 1.12 bits per heavy atom. The number of likely N-dealkylation sites (N-methyl/N-ethyl adjacent to an activating group) is 1. The Hall–Kier alpha value is -2.67. The molecule has 0 aromatic heterocycles. The van der Waals surface area contributed by atoms with Crippen LogP contribution in [0.25, 0.3) is 0 Å². The molecule has 0 saturated carbocycles. The molecule has 140 valence electrons. The molecule has 0 spiro atoms. The fourth-order valence-electron chi connectivity index (χ4n) is 2.53. The summed E-state index contributed by atoms with van der Waals surface area (Å²) in [6.45, 7) is -2.57. The molecule has 26 heavy (non-hydrogen) atoms. The van der Waals surface area contributed by atoms with Crippen LogP contribution < -0.4 is 14.8 Å². The number of methoxy groups -OCH3 is 1. The van der Waals surface area contributed by atoms with Gasteiger partial charge < -0.3 is 19.7 Å². The van der Waals surface area contributed by atoms with Crippen LogP contribution in [0.15, 0.2) is 48.5 Å². The minimum atomic E-state index is -2.93. The molecule has 0 fully saturated rings. The van der Waals surface area contributed by atoms with E-state index in [9.17, 15) is 13.6 Å². The molecule has 2 aromatic rings. The largest absolute Gasteiger partial charge is 0.497 e. The first-order valence-electron chi connectivity index (χ1n) is 8.04. The average molecular weight is 364 g/mol. The van der Waals surface area contributed by atoms with Crippen molar-refractivity contribution in [3.63, 3.8) is 0 Å². The van der Waals surface area contributed by atoms with Gasteiger partial charge in [-0.1, -0.05) is 18.2 Å². The van der Waals surface area contributed by atoms with Gasteiger partial charge in [0.1, 0.15) is 11.5 Å². The molecule has 7 heteroatoms. The van der Waals surface area contributed by atoms with E-state index in [0.29, 0.717) is 6.54 Å². The molecule has 1 atom stereocenters. The van der Waals surface area contributed by atoms with Crippen molar-refractivity contribution in [1.82, 2.24) is 10.2 Å². The number of rotatable bonds is 8. The number of nitrogens with zero attached hydrogens (tertiary/aromatic N) is 1. The first-order valence-corrected chi connectivity index (χ1v) is 8.04. The lowest BCUT2D eigenvalue weighted by molar-refractivity contribution is -0.0498. The lowest BCUT2D eigenvalue weighted by Crippen LogP contribution is -2.34.